The Labute approximate surface area is 117 Å². The van der Waals surface area contributed by atoms with Crippen LogP contribution < -0.4 is 10.5 Å². The molecule has 0 spiro atoms. The first-order valence-corrected chi connectivity index (χ1v) is 7.92. The van der Waals surface area contributed by atoms with Crippen LogP contribution in [0.4, 0.5) is 13.2 Å². The molecule has 0 aromatic heterocycles. The van der Waals surface area contributed by atoms with Gasteiger partial charge in [-0.1, -0.05) is 0 Å². The highest BCUT2D eigenvalue weighted by atomic mass is 32.2. The van der Waals surface area contributed by atoms with E-state index in [0.29, 0.717) is 19.5 Å². The van der Waals surface area contributed by atoms with Gasteiger partial charge in [-0.2, -0.15) is 30.6 Å². The van der Waals surface area contributed by atoms with Crippen LogP contribution in [0.5, 0.6) is 0 Å². The van der Waals surface area contributed by atoms with Gasteiger partial charge in [-0.25, -0.2) is 0 Å². The van der Waals surface area contributed by atoms with Crippen LogP contribution in [0, 0.1) is 0 Å². The largest absolute Gasteiger partial charge is 0.402 e. The second-order valence-electron chi connectivity index (χ2n) is 4.68. The maximum atomic E-state index is 12.1. The molecule has 0 aromatic rings. The summed E-state index contributed by atoms with van der Waals surface area (Å²) in [6, 6.07) is 0. The smallest absolute Gasteiger partial charge is 0.330 e. The summed E-state index contributed by atoms with van der Waals surface area (Å²) in [5.74, 6) is 0. The second kappa shape index (κ2) is 7.55. The molecular formula is C10H21F3N4O2S. The summed E-state index contributed by atoms with van der Waals surface area (Å²) in [6.07, 6.45) is -3.14. The summed E-state index contributed by atoms with van der Waals surface area (Å²) < 4.78 is 62.4. The van der Waals surface area contributed by atoms with Crippen LogP contribution in [0.25, 0.3) is 0 Å². The fraction of sp³-hybridized carbons (Fsp3) is 1.00. The Morgan fingerprint density at radius 2 is 1.85 bits per heavy atom. The van der Waals surface area contributed by atoms with Gasteiger partial charge >= 0.3 is 6.18 Å². The van der Waals surface area contributed by atoms with Gasteiger partial charge in [0.2, 0.25) is 0 Å². The lowest BCUT2D eigenvalue weighted by atomic mass is 10.3. The SMILES string of the molecule is NCCCN1CCCN(S(=O)(=O)NCC(F)(F)F)CC1. The fourth-order valence-corrected chi connectivity index (χ4v) is 3.21. The number of rotatable bonds is 6. The Kier molecular flexibility index (Phi) is 6.65. The molecule has 6 nitrogen and oxygen atoms in total. The third-order valence-corrected chi connectivity index (χ3v) is 4.58. The number of hydrogen-bond donors (Lipinski definition) is 2. The van der Waals surface area contributed by atoms with Crippen molar-refractivity contribution < 1.29 is 21.6 Å². The van der Waals surface area contributed by atoms with Crippen molar-refractivity contribution in [2.45, 2.75) is 19.0 Å². The lowest BCUT2D eigenvalue weighted by molar-refractivity contribution is -0.121. The minimum absolute atomic E-state index is 0.192. The summed E-state index contributed by atoms with van der Waals surface area (Å²) >= 11 is 0. The molecule has 0 aromatic carbocycles. The molecule has 0 saturated carbocycles. The van der Waals surface area contributed by atoms with E-state index in [2.05, 4.69) is 4.90 Å². The molecule has 1 aliphatic rings. The van der Waals surface area contributed by atoms with E-state index in [-0.39, 0.29) is 13.1 Å². The van der Waals surface area contributed by atoms with Gasteiger partial charge in [-0.3, -0.25) is 0 Å². The molecule has 0 unspecified atom stereocenters. The van der Waals surface area contributed by atoms with Gasteiger partial charge in [0.05, 0.1) is 0 Å². The van der Waals surface area contributed by atoms with E-state index in [9.17, 15) is 21.6 Å². The van der Waals surface area contributed by atoms with E-state index in [0.717, 1.165) is 23.8 Å². The highest BCUT2D eigenvalue weighted by Gasteiger charge is 2.32. The summed E-state index contributed by atoms with van der Waals surface area (Å²) in [6.45, 7) is 1.46. The maximum Gasteiger partial charge on any atom is 0.402 e. The van der Waals surface area contributed by atoms with E-state index in [1.54, 1.807) is 4.72 Å². The Hall–Kier alpha value is -0.420. The van der Waals surface area contributed by atoms with Crippen molar-refractivity contribution in [2.75, 3.05) is 45.8 Å². The summed E-state index contributed by atoms with van der Waals surface area (Å²) in [4.78, 5) is 2.08. The quantitative estimate of drug-likeness (QED) is 0.707. The number of alkyl halides is 3. The Balaban J connectivity index is 2.50. The Bertz CT molecular complexity index is 388. The zero-order valence-corrected chi connectivity index (χ0v) is 12.0. The van der Waals surface area contributed by atoms with Gasteiger partial charge in [-0.15, -0.1) is 0 Å². The summed E-state index contributed by atoms with van der Waals surface area (Å²) in [7, 11) is -4.07. The third kappa shape index (κ3) is 6.35. The van der Waals surface area contributed by atoms with Crippen molar-refractivity contribution in [2.24, 2.45) is 5.73 Å². The molecule has 0 amide bonds. The molecule has 120 valence electrons. The fourth-order valence-electron chi connectivity index (χ4n) is 1.99. The number of nitrogens with one attached hydrogen (secondary N) is 1. The third-order valence-electron chi connectivity index (χ3n) is 3.02. The minimum Gasteiger partial charge on any atom is -0.330 e. The molecule has 20 heavy (non-hydrogen) atoms. The van der Waals surface area contributed by atoms with Crippen LogP contribution in [-0.2, 0) is 10.2 Å². The Morgan fingerprint density at radius 1 is 1.15 bits per heavy atom. The molecule has 10 heteroatoms. The van der Waals surface area contributed by atoms with Crippen molar-refractivity contribution in [3.63, 3.8) is 0 Å². The van der Waals surface area contributed by atoms with Gasteiger partial charge < -0.3 is 10.6 Å². The monoisotopic (exact) mass is 318 g/mol. The van der Waals surface area contributed by atoms with E-state index < -0.39 is 22.9 Å². The Morgan fingerprint density at radius 3 is 2.45 bits per heavy atom. The van der Waals surface area contributed by atoms with E-state index in [4.69, 9.17) is 5.73 Å². The van der Waals surface area contributed by atoms with Crippen molar-refractivity contribution in [1.29, 1.82) is 0 Å². The highest BCUT2D eigenvalue weighted by Crippen LogP contribution is 2.14. The number of halogens is 3. The minimum atomic E-state index is -4.55. The van der Waals surface area contributed by atoms with Crippen molar-refractivity contribution in [3.8, 4) is 0 Å². The molecule has 1 aliphatic heterocycles. The lowest BCUT2D eigenvalue weighted by Gasteiger charge is -2.22. The van der Waals surface area contributed by atoms with Gasteiger partial charge in [0.25, 0.3) is 10.2 Å². The van der Waals surface area contributed by atoms with E-state index in [1.807, 2.05) is 0 Å². The first kappa shape index (κ1) is 17.6. The van der Waals surface area contributed by atoms with Crippen molar-refractivity contribution in [1.82, 2.24) is 13.9 Å². The molecule has 0 aliphatic carbocycles. The highest BCUT2D eigenvalue weighted by molar-refractivity contribution is 7.87. The van der Waals surface area contributed by atoms with Crippen LogP contribution >= 0.6 is 0 Å². The van der Waals surface area contributed by atoms with Gasteiger partial charge in [0.1, 0.15) is 6.54 Å². The number of nitrogens with two attached hydrogens (primary N) is 1. The molecule has 0 atom stereocenters. The topological polar surface area (TPSA) is 78.7 Å². The van der Waals surface area contributed by atoms with Gasteiger partial charge in [0.15, 0.2) is 0 Å². The number of nitrogens with zero attached hydrogens (tertiary/aromatic N) is 2. The molecule has 3 N–H and O–H groups in total. The zero-order chi connectivity index (χ0) is 15.2. The van der Waals surface area contributed by atoms with Crippen LogP contribution in [0.3, 0.4) is 0 Å². The first-order chi connectivity index (χ1) is 9.24. The normalized spacial score (nSPS) is 20.0. The predicted molar refractivity (Wildman–Crippen MR) is 69.3 cm³/mol. The molecular weight excluding hydrogens is 297 g/mol. The molecule has 0 bridgehead atoms. The van der Waals surface area contributed by atoms with Crippen molar-refractivity contribution in [3.05, 3.63) is 0 Å². The van der Waals surface area contributed by atoms with Crippen LogP contribution in [0.15, 0.2) is 0 Å². The van der Waals surface area contributed by atoms with Crippen molar-refractivity contribution >= 4 is 10.2 Å². The van der Waals surface area contributed by atoms with Gasteiger partial charge in [-0.05, 0) is 32.5 Å². The molecule has 1 rings (SSSR count). The van der Waals surface area contributed by atoms with E-state index >= 15 is 0 Å². The zero-order valence-electron chi connectivity index (χ0n) is 11.2. The average molecular weight is 318 g/mol. The van der Waals surface area contributed by atoms with E-state index in [1.165, 1.54) is 0 Å². The standard InChI is InChI=1S/C10H21F3N4O2S/c11-10(12,13)9-15-20(18,19)17-6-2-5-16(7-8-17)4-1-3-14/h15H,1-9,14H2. The number of hydrogen-bond acceptors (Lipinski definition) is 4. The molecule has 1 heterocycles. The second-order valence-corrected chi connectivity index (χ2v) is 6.43. The first-order valence-electron chi connectivity index (χ1n) is 6.48. The maximum absolute atomic E-state index is 12.1. The molecule has 0 radical (unpaired) electrons. The lowest BCUT2D eigenvalue weighted by Crippen LogP contribution is -2.45. The molecule has 1 saturated heterocycles. The van der Waals surface area contributed by atoms with Crippen LogP contribution in [-0.4, -0.2) is 69.6 Å². The van der Waals surface area contributed by atoms with Crippen LogP contribution in [0.2, 0.25) is 0 Å². The van der Waals surface area contributed by atoms with Gasteiger partial charge in [0, 0.05) is 19.6 Å². The van der Waals surface area contributed by atoms with Crippen LogP contribution in [0.1, 0.15) is 12.8 Å². The summed E-state index contributed by atoms with van der Waals surface area (Å²) in [5.41, 5.74) is 5.41. The predicted octanol–water partition coefficient (Wildman–Crippen LogP) is -0.260. The molecule has 1 fully saturated rings. The average Bonchev–Trinajstić information content (AvgIpc) is 2.59. The summed E-state index contributed by atoms with van der Waals surface area (Å²) in [5, 5.41) is 0.